The average molecular weight is 328 g/mol. The van der Waals surface area contributed by atoms with Crippen LogP contribution in [0.2, 0.25) is 0 Å². The van der Waals surface area contributed by atoms with Crippen molar-refractivity contribution in [2.75, 3.05) is 13.6 Å². The minimum Gasteiger partial charge on any atom is -0.355 e. The van der Waals surface area contributed by atoms with E-state index in [2.05, 4.69) is 64.8 Å². The van der Waals surface area contributed by atoms with Crippen LogP contribution in [0.4, 0.5) is 0 Å². The van der Waals surface area contributed by atoms with E-state index in [1.54, 1.807) is 7.05 Å². The third kappa shape index (κ3) is 5.94. The molecular weight excluding hydrogens is 304 g/mol. The van der Waals surface area contributed by atoms with Crippen molar-refractivity contribution < 1.29 is 0 Å². The van der Waals surface area contributed by atoms with Crippen LogP contribution in [0.15, 0.2) is 58.5 Å². The first-order valence-corrected chi connectivity index (χ1v) is 8.63. The first-order valence-electron chi connectivity index (χ1n) is 7.75. The fourth-order valence-corrected chi connectivity index (χ4v) is 3.05. The van der Waals surface area contributed by atoms with Crippen molar-refractivity contribution >= 4 is 17.7 Å². The summed E-state index contributed by atoms with van der Waals surface area (Å²) in [7, 11) is 1.79. The molecule has 1 aromatic heterocycles. The second-order valence-corrected chi connectivity index (χ2v) is 6.83. The van der Waals surface area contributed by atoms with Crippen LogP contribution < -0.4 is 10.6 Å². The maximum Gasteiger partial charge on any atom is 0.191 e. The number of nitrogens with zero attached hydrogens (tertiary/aromatic N) is 2. The van der Waals surface area contributed by atoms with Gasteiger partial charge in [0.2, 0.25) is 0 Å². The maximum absolute atomic E-state index is 4.39. The first-order chi connectivity index (χ1) is 11.2. The Balaban J connectivity index is 1.78. The van der Waals surface area contributed by atoms with Crippen molar-refractivity contribution in [2.24, 2.45) is 4.99 Å². The Morgan fingerprint density at radius 1 is 1.17 bits per heavy atom. The van der Waals surface area contributed by atoms with Gasteiger partial charge in [-0.25, -0.2) is 0 Å². The number of hydrogen-bond acceptors (Lipinski definition) is 3. The molecule has 0 fully saturated rings. The molecule has 0 bridgehead atoms. The maximum atomic E-state index is 4.39. The summed E-state index contributed by atoms with van der Waals surface area (Å²) in [6, 6.07) is 14.5. The number of rotatable bonds is 6. The molecule has 5 heteroatoms. The molecule has 0 aliphatic heterocycles. The molecule has 2 N–H and O–H groups in total. The smallest absolute Gasteiger partial charge is 0.191 e. The minimum atomic E-state index is 0.451. The van der Waals surface area contributed by atoms with Crippen LogP contribution in [0.1, 0.15) is 18.2 Å². The largest absolute Gasteiger partial charge is 0.355 e. The first kappa shape index (κ1) is 17.3. The van der Waals surface area contributed by atoms with Gasteiger partial charge in [-0.3, -0.25) is 9.98 Å². The van der Waals surface area contributed by atoms with Gasteiger partial charge >= 0.3 is 0 Å². The fourth-order valence-electron chi connectivity index (χ4n) is 2.10. The normalized spacial score (nSPS) is 12.7. The Labute approximate surface area is 142 Å². The predicted octanol–water partition coefficient (Wildman–Crippen LogP) is 3.24. The second kappa shape index (κ2) is 9.20. The molecule has 23 heavy (non-hydrogen) atoms. The molecule has 2 rings (SSSR count). The van der Waals surface area contributed by atoms with E-state index in [1.807, 2.05) is 30.1 Å². The number of thioether (sulfide) groups is 1. The van der Waals surface area contributed by atoms with E-state index in [4.69, 9.17) is 0 Å². The van der Waals surface area contributed by atoms with Gasteiger partial charge < -0.3 is 10.6 Å². The third-order valence-electron chi connectivity index (χ3n) is 3.40. The van der Waals surface area contributed by atoms with Gasteiger partial charge in [0.15, 0.2) is 5.96 Å². The molecule has 1 unspecified atom stereocenters. The van der Waals surface area contributed by atoms with Gasteiger partial charge in [0, 0.05) is 29.9 Å². The highest BCUT2D eigenvalue weighted by molar-refractivity contribution is 8.00. The van der Waals surface area contributed by atoms with Crippen LogP contribution in [0, 0.1) is 6.92 Å². The van der Waals surface area contributed by atoms with Gasteiger partial charge in [-0.05, 0) is 30.7 Å². The van der Waals surface area contributed by atoms with E-state index in [-0.39, 0.29) is 0 Å². The lowest BCUT2D eigenvalue weighted by Crippen LogP contribution is -2.39. The fraction of sp³-hybridized carbons (Fsp3) is 0.333. The third-order valence-corrected chi connectivity index (χ3v) is 4.52. The summed E-state index contributed by atoms with van der Waals surface area (Å²) >= 11 is 1.86. The van der Waals surface area contributed by atoms with Gasteiger partial charge in [-0.15, -0.1) is 11.8 Å². The molecule has 0 saturated carbocycles. The van der Waals surface area contributed by atoms with Gasteiger partial charge in [0.05, 0.1) is 12.2 Å². The zero-order chi connectivity index (χ0) is 16.5. The average Bonchev–Trinajstić information content (AvgIpc) is 2.57. The topological polar surface area (TPSA) is 49.3 Å². The van der Waals surface area contributed by atoms with Crippen molar-refractivity contribution in [3.05, 3.63) is 59.9 Å². The Kier molecular flexibility index (Phi) is 6.94. The highest BCUT2D eigenvalue weighted by Gasteiger charge is 2.06. The highest BCUT2D eigenvalue weighted by atomic mass is 32.2. The van der Waals surface area contributed by atoms with E-state index >= 15 is 0 Å². The number of aryl methyl sites for hydroxylation is 1. The van der Waals surface area contributed by atoms with Crippen LogP contribution in [0.25, 0.3) is 0 Å². The number of aromatic nitrogens is 1. The Bertz CT molecular complexity index is 628. The van der Waals surface area contributed by atoms with E-state index in [0.717, 1.165) is 18.2 Å². The standard InChI is InChI=1S/C18H24N4S/c1-14-8-7-11-20-17(14)13-22-18(19-3)21-12-15(2)23-16-9-5-4-6-10-16/h4-11,15H,12-13H2,1-3H3,(H2,19,21,22). The number of guanidine groups is 1. The lowest BCUT2D eigenvalue weighted by atomic mass is 10.2. The van der Waals surface area contributed by atoms with Gasteiger partial charge in [0.1, 0.15) is 0 Å². The zero-order valence-electron chi connectivity index (χ0n) is 13.9. The minimum absolute atomic E-state index is 0.451. The summed E-state index contributed by atoms with van der Waals surface area (Å²) in [4.78, 5) is 9.94. The van der Waals surface area contributed by atoms with E-state index < -0.39 is 0 Å². The quantitative estimate of drug-likeness (QED) is 0.485. The van der Waals surface area contributed by atoms with Crippen molar-refractivity contribution in [3.63, 3.8) is 0 Å². The number of benzene rings is 1. The Morgan fingerprint density at radius 2 is 1.96 bits per heavy atom. The Morgan fingerprint density at radius 3 is 2.65 bits per heavy atom. The summed E-state index contributed by atoms with van der Waals surface area (Å²) in [5.41, 5.74) is 2.23. The van der Waals surface area contributed by atoms with Crippen LogP contribution >= 0.6 is 11.8 Å². The SMILES string of the molecule is CN=C(NCc1ncccc1C)NCC(C)Sc1ccccc1. The summed E-state index contributed by atoms with van der Waals surface area (Å²) < 4.78 is 0. The molecule has 0 aliphatic carbocycles. The lowest BCUT2D eigenvalue weighted by molar-refractivity contribution is 0.776. The molecule has 0 amide bonds. The number of nitrogens with one attached hydrogen (secondary N) is 2. The van der Waals surface area contributed by atoms with Gasteiger partial charge in [-0.2, -0.15) is 0 Å². The molecule has 1 aromatic carbocycles. The molecule has 2 aromatic rings. The van der Waals surface area contributed by atoms with Gasteiger partial charge in [-0.1, -0.05) is 31.2 Å². The summed E-state index contributed by atoms with van der Waals surface area (Å²) in [5.74, 6) is 0.801. The lowest BCUT2D eigenvalue weighted by Gasteiger charge is -2.16. The molecule has 0 aliphatic rings. The second-order valence-electron chi connectivity index (χ2n) is 5.32. The summed E-state index contributed by atoms with van der Waals surface area (Å²) in [5, 5.41) is 7.13. The molecule has 0 saturated heterocycles. The molecule has 4 nitrogen and oxygen atoms in total. The van der Waals surface area contributed by atoms with Crippen LogP contribution in [-0.2, 0) is 6.54 Å². The molecule has 1 atom stereocenters. The van der Waals surface area contributed by atoms with Crippen molar-refractivity contribution in [3.8, 4) is 0 Å². The zero-order valence-corrected chi connectivity index (χ0v) is 14.7. The molecule has 122 valence electrons. The van der Waals surface area contributed by atoms with E-state index in [0.29, 0.717) is 11.8 Å². The van der Waals surface area contributed by atoms with Crippen LogP contribution in [0.3, 0.4) is 0 Å². The number of aliphatic imine (C=N–C) groups is 1. The van der Waals surface area contributed by atoms with Crippen molar-refractivity contribution in [2.45, 2.75) is 30.5 Å². The molecule has 0 radical (unpaired) electrons. The Hall–Kier alpha value is -2.01. The predicted molar refractivity (Wildman–Crippen MR) is 98.9 cm³/mol. The van der Waals surface area contributed by atoms with Crippen molar-refractivity contribution in [1.82, 2.24) is 15.6 Å². The summed E-state index contributed by atoms with van der Waals surface area (Å²) in [6.45, 7) is 5.80. The van der Waals surface area contributed by atoms with Crippen LogP contribution in [0.5, 0.6) is 0 Å². The summed E-state index contributed by atoms with van der Waals surface area (Å²) in [6.07, 6.45) is 1.82. The highest BCUT2D eigenvalue weighted by Crippen LogP contribution is 2.21. The molecular formula is C18H24N4S. The van der Waals surface area contributed by atoms with Crippen LogP contribution in [-0.4, -0.2) is 29.8 Å². The van der Waals surface area contributed by atoms with E-state index in [1.165, 1.54) is 10.5 Å². The molecule has 0 spiro atoms. The number of pyridine rings is 1. The monoisotopic (exact) mass is 328 g/mol. The van der Waals surface area contributed by atoms with E-state index in [9.17, 15) is 0 Å². The van der Waals surface area contributed by atoms with Crippen molar-refractivity contribution in [1.29, 1.82) is 0 Å². The number of hydrogen-bond donors (Lipinski definition) is 2. The molecule has 1 heterocycles. The van der Waals surface area contributed by atoms with Gasteiger partial charge in [0.25, 0.3) is 0 Å².